The van der Waals surface area contributed by atoms with E-state index in [2.05, 4.69) is 23.8 Å². The molecule has 0 spiro atoms. The fourth-order valence-corrected chi connectivity index (χ4v) is 1.15. The van der Waals surface area contributed by atoms with Crippen molar-refractivity contribution < 1.29 is 0 Å². The van der Waals surface area contributed by atoms with Crippen molar-refractivity contribution in [3.05, 3.63) is 30.5 Å². The van der Waals surface area contributed by atoms with Gasteiger partial charge >= 0.3 is 0 Å². The molecule has 0 aromatic carbocycles. The Balaban J connectivity index is 0.000000461. The largest absolute Gasteiger partial charge is 0.290 e. The molecule has 3 nitrogen and oxygen atoms in total. The molecule has 3 heteroatoms. The highest BCUT2D eigenvalue weighted by molar-refractivity contribution is 5.38. The molecule has 14 heavy (non-hydrogen) atoms. The average Bonchev–Trinajstić information content (AvgIpc) is 2.67. The van der Waals surface area contributed by atoms with Gasteiger partial charge in [-0.2, -0.15) is 0 Å². The molecule has 0 atom stereocenters. The number of aromatic nitrogens is 3. The summed E-state index contributed by atoms with van der Waals surface area (Å²) >= 11 is 0. The second-order valence-corrected chi connectivity index (χ2v) is 3.16. The van der Waals surface area contributed by atoms with E-state index in [1.807, 2.05) is 30.5 Å². The van der Waals surface area contributed by atoms with Crippen LogP contribution < -0.4 is 0 Å². The van der Waals surface area contributed by atoms with Crippen molar-refractivity contribution in [1.29, 1.82) is 0 Å². The highest BCUT2D eigenvalue weighted by atomic mass is 15.0. The summed E-state index contributed by atoms with van der Waals surface area (Å²) in [5, 5.41) is 0. The van der Waals surface area contributed by atoms with E-state index in [1.165, 1.54) is 0 Å². The average molecular weight is 191 g/mol. The summed E-state index contributed by atoms with van der Waals surface area (Å²) in [6.07, 6.45) is 5.48. The lowest BCUT2D eigenvalue weighted by Crippen LogP contribution is -1.95. The lowest BCUT2D eigenvalue weighted by Gasteiger charge is -2.02. The summed E-state index contributed by atoms with van der Waals surface area (Å²) in [5.41, 5.74) is 2.06. The van der Waals surface area contributed by atoms with Crippen LogP contribution in [0.5, 0.6) is 0 Å². The third kappa shape index (κ3) is 2.10. The number of fused-ring (bicyclic) bond motifs is 1. The third-order valence-corrected chi connectivity index (χ3v) is 1.90. The van der Waals surface area contributed by atoms with Gasteiger partial charge < -0.3 is 0 Å². The molecule has 2 aromatic rings. The van der Waals surface area contributed by atoms with Crippen molar-refractivity contribution >= 4 is 5.65 Å². The number of nitrogens with zero attached hydrogens (tertiary/aromatic N) is 3. The van der Waals surface area contributed by atoms with E-state index in [4.69, 9.17) is 0 Å². The first-order chi connectivity index (χ1) is 6.77. The predicted octanol–water partition coefficient (Wildman–Crippen LogP) is 2.88. The van der Waals surface area contributed by atoms with Crippen LogP contribution in [0.4, 0.5) is 0 Å². The van der Waals surface area contributed by atoms with E-state index in [9.17, 15) is 0 Å². The summed E-state index contributed by atoms with van der Waals surface area (Å²) in [5.74, 6) is 0.465. The van der Waals surface area contributed by atoms with E-state index in [-0.39, 0.29) is 0 Å². The number of hydrogen-bond donors (Lipinski definition) is 0. The van der Waals surface area contributed by atoms with Crippen LogP contribution in [-0.2, 0) is 0 Å². The first-order valence-corrected chi connectivity index (χ1v) is 5.06. The molecular formula is C11H17N3. The highest BCUT2D eigenvalue weighted by Crippen LogP contribution is 2.11. The summed E-state index contributed by atoms with van der Waals surface area (Å²) in [6, 6.07) is 2.02. The minimum absolute atomic E-state index is 0.465. The van der Waals surface area contributed by atoms with Crippen molar-refractivity contribution in [3.8, 4) is 0 Å². The second kappa shape index (κ2) is 4.74. The topological polar surface area (TPSA) is 30.2 Å². The van der Waals surface area contributed by atoms with Crippen LogP contribution in [0.3, 0.4) is 0 Å². The number of imidazole rings is 1. The summed E-state index contributed by atoms with van der Waals surface area (Å²) < 4.78 is 1.91. The molecule has 2 aromatic heterocycles. The van der Waals surface area contributed by atoms with Gasteiger partial charge in [-0.05, 0) is 5.92 Å². The Bertz CT molecular complexity index is 390. The Morgan fingerprint density at radius 2 is 1.93 bits per heavy atom. The summed E-state index contributed by atoms with van der Waals surface area (Å²) in [6.45, 7) is 8.25. The molecule has 0 saturated heterocycles. The van der Waals surface area contributed by atoms with Gasteiger partial charge in [0.1, 0.15) is 12.0 Å². The highest BCUT2D eigenvalue weighted by Gasteiger charge is 2.01. The fourth-order valence-electron chi connectivity index (χ4n) is 1.15. The zero-order chi connectivity index (χ0) is 10.6. The van der Waals surface area contributed by atoms with E-state index >= 15 is 0 Å². The van der Waals surface area contributed by atoms with Gasteiger partial charge in [0.25, 0.3) is 0 Å². The molecule has 0 fully saturated rings. The van der Waals surface area contributed by atoms with Crippen molar-refractivity contribution in [1.82, 2.24) is 14.4 Å². The van der Waals surface area contributed by atoms with Gasteiger partial charge in [-0.3, -0.25) is 4.40 Å². The van der Waals surface area contributed by atoms with Gasteiger partial charge in [0.15, 0.2) is 0 Å². The summed E-state index contributed by atoms with van der Waals surface area (Å²) in [7, 11) is 0. The van der Waals surface area contributed by atoms with Gasteiger partial charge in [-0.25, -0.2) is 9.97 Å². The maximum absolute atomic E-state index is 4.30. The van der Waals surface area contributed by atoms with Crippen LogP contribution in [0.1, 0.15) is 39.3 Å². The minimum atomic E-state index is 0.465. The first kappa shape index (κ1) is 10.7. The fraction of sp³-hybridized carbons (Fsp3) is 0.455. The Kier molecular flexibility index (Phi) is 3.63. The number of hydrogen-bond acceptors (Lipinski definition) is 2. The van der Waals surface area contributed by atoms with Gasteiger partial charge in [0.05, 0.1) is 0 Å². The zero-order valence-corrected chi connectivity index (χ0v) is 9.23. The third-order valence-electron chi connectivity index (χ3n) is 1.90. The molecule has 0 bridgehead atoms. The lowest BCUT2D eigenvalue weighted by atomic mass is 10.1. The maximum Gasteiger partial charge on any atom is 0.139 e. The van der Waals surface area contributed by atoms with Crippen molar-refractivity contribution in [2.45, 2.75) is 33.6 Å². The molecule has 0 N–H and O–H groups in total. The predicted molar refractivity (Wildman–Crippen MR) is 58.4 cm³/mol. The van der Waals surface area contributed by atoms with Gasteiger partial charge in [0, 0.05) is 24.2 Å². The monoisotopic (exact) mass is 191 g/mol. The SMILES string of the molecule is CC.CC(C)c1cc2nccn2cn1. The van der Waals surface area contributed by atoms with Crippen LogP contribution in [0, 0.1) is 0 Å². The van der Waals surface area contributed by atoms with Crippen LogP contribution in [0.15, 0.2) is 24.8 Å². The molecule has 0 aliphatic heterocycles. The van der Waals surface area contributed by atoms with Crippen molar-refractivity contribution in [3.63, 3.8) is 0 Å². The molecule has 0 unspecified atom stereocenters. The van der Waals surface area contributed by atoms with E-state index in [1.54, 1.807) is 12.5 Å². The lowest BCUT2D eigenvalue weighted by molar-refractivity contribution is 0.811. The van der Waals surface area contributed by atoms with E-state index in [0.29, 0.717) is 5.92 Å². The van der Waals surface area contributed by atoms with Gasteiger partial charge in [0.2, 0.25) is 0 Å². The minimum Gasteiger partial charge on any atom is -0.290 e. The number of rotatable bonds is 1. The van der Waals surface area contributed by atoms with Crippen molar-refractivity contribution in [2.24, 2.45) is 0 Å². The molecule has 2 heterocycles. The molecule has 0 saturated carbocycles. The standard InChI is InChI=1S/C9H11N3.C2H6/c1-7(2)8-5-9-10-3-4-12(9)6-11-8;1-2/h3-7H,1-2H3;1-2H3. The molecule has 0 amide bonds. The summed E-state index contributed by atoms with van der Waals surface area (Å²) in [4.78, 5) is 8.49. The van der Waals surface area contributed by atoms with Crippen LogP contribution in [-0.4, -0.2) is 14.4 Å². The Hall–Kier alpha value is -1.38. The normalized spacial score (nSPS) is 10.1. The van der Waals surface area contributed by atoms with Crippen LogP contribution in [0.2, 0.25) is 0 Å². The molecule has 76 valence electrons. The van der Waals surface area contributed by atoms with Gasteiger partial charge in [-0.1, -0.05) is 27.7 Å². The van der Waals surface area contributed by atoms with Crippen LogP contribution in [0.25, 0.3) is 5.65 Å². The van der Waals surface area contributed by atoms with Crippen molar-refractivity contribution in [2.75, 3.05) is 0 Å². The van der Waals surface area contributed by atoms with Crippen LogP contribution >= 0.6 is 0 Å². The van der Waals surface area contributed by atoms with E-state index < -0.39 is 0 Å². The Morgan fingerprint density at radius 3 is 2.57 bits per heavy atom. The molecule has 2 rings (SSSR count). The maximum atomic E-state index is 4.30. The smallest absolute Gasteiger partial charge is 0.139 e. The first-order valence-electron chi connectivity index (χ1n) is 5.06. The van der Waals surface area contributed by atoms with Gasteiger partial charge in [-0.15, -0.1) is 0 Å². The molecular weight excluding hydrogens is 174 g/mol. The zero-order valence-electron chi connectivity index (χ0n) is 9.23. The van der Waals surface area contributed by atoms with E-state index in [0.717, 1.165) is 11.3 Å². The Labute approximate surface area is 84.8 Å². The molecule has 0 aliphatic rings. The molecule has 0 radical (unpaired) electrons. The molecule has 0 aliphatic carbocycles. The Morgan fingerprint density at radius 1 is 1.21 bits per heavy atom. The quantitative estimate of drug-likeness (QED) is 0.693. The second-order valence-electron chi connectivity index (χ2n) is 3.16.